The maximum Gasteiger partial charge on any atom is 0.0882 e. The number of hydrogen-bond acceptors (Lipinski definition) is 0. The zero-order valence-electron chi connectivity index (χ0n) is 11.4. The van der Waals surface area contributed by atoms with Gasteiger partial charge in [0.05, 0.1) is 8.65 Å². The maximum atomic E-state index is 6.33. The molecule has 3 rings (SSSR count). The lowest BCUT2D eigenvalue weighted by Crippen LogP contribution is -2.22. The van der Waals surface area contributed by atoms with Crippen molar-refractivity contribution in [2.45, 2.75) is 8.65 Å². The molecule has 4 heteroatoms. The molecule has 2 aromatic rings. The lowest BCUT2D eigenvalue weighted by Gasteiger charge is -2.31. The van der Waals surface area contributed by atoms with Gasteiger partial charge in [0, 0.05) is 10.0 Å². The predicted octanol–water partition coefficient (Wildman–Crippen LogP) is 7.00. The second kappa shape index (κ2) is 6.16. The van der Waals surface area contributed by atoms with E-state index < -0.39 is 8.65 Å². The normalized spacial score (nSPS) is 27.1. The third kappa shape index (κ3) is 2.94. The summed E-state index contributed by atoms with van der Waals surface area (Å²) >= 11 is 20.2. The SMILES string of the molecule is Clc1ccccc1C1(Br)C=CC(Br)(c2ccccc2Cl)C=C1. The summed E-state index contributed by atoms with van der Waals surface area (Å²) in [5.41, 5.74) is 2.02. The van der Waals surface area contributed by atoms with Crippen LogP contribution in [0, 0.1) is 0 Å². The Morgan fingerprint density at radius 3 is 1.23 bits per heavy atom. The molecule has 0 saturated heterocycles. The van der Waals surface area contributed by atoms with Gasteiger partial charge in [-0.3, -0.25) is 0 Å². The van der Waals surface area contributed by atoms with Gasteiger partial charge in [-0.1, -0.05) is 116 Å². The molecule has 22 heavy (non-hydrogen) atoms. The molecule has 2 aromatic carbocycles. The molecular formula is C18H12Br2Cl2. The summed E-state index contributed by atoms with van der Waals surface area (Å²) in [5.74, 6) is 0. The van der Waals surface area contributed by atoms with Gasteiger partial charge in [-0.25, -0.2) is 0 Å². The fourth-order valence-corrected chi connectivity index (χ4v) is 4.53. The summed E-state index contributed by atoms with van der Waals surface area (Å²) in [4.78, 5) is 0. The molecule has 1 aliphatic rings. The van der Waals surface area contributed by atoms with Crippen LogP contribution in [0.15, 0.2) is 72.8 Å². The quantitative estimate of drug-likeness (QED) is 0.335. The molecule has 0 N–H and O–H groups in total. The molecule has 1 aliphatic carbocycles. The third-order valence-corrected chi connectivity index (χ3v) is 6.28. The molecule has 0 heterocycles. The highest BCUT2D eigenvalue weighted by molar-refractivity contribution is 9.10. The lowest BCUT2D eigenvalue weighted by molar-refractivity contribution is 0.899. The highest BCUT2D eigenvalue weighted by atomic mass is 79.9. The van der Waals surface area contributed by atoms with Crippen molar-refractivity contribution in [2.75, 3.05) is 0 Å². The van der Waals surface area contributed by atoms with Crippen LogP contribution >= 0.6 is 55.1 Å². The summed E-state index contributed by atoms with van der Waals surface area (Å²) in [7, 11) is 0. The highest BCUT2D eigenvalue weighted by Gasteiger charge is 2.34. The standard InChI is InChI=1S/C18H12Br2Cl2/c19-17(13-5-1-3-7-15(13)21)9-11-18(20,12-10-17)14-6-2-4-8-16(14)22/h1-12H. The molecule has 0 spiro atoms. The van der Waals surface area contributed by atoms with E-state index >= 15 is 0 Å². The minimum absolute atomic E-state index is 0.413. The Labute approximate surface area is 157 Å². The molecule has 0 fully saturated rings. The van der Waals surface area contributed by atoms with Crippen LogP contribution in [-0.4, -0.2) is 0 Å². The van der Waals surface area contributed by atoms with Crippen LogP contribution in [0.25, 0.3) is 0 Å². The Balaban J connectivity index is 2.01. The van der Waals surface area contributed by atoms with Gasteiger partial charge in [0.25, 0.3) is 0 Å². The number of rotatable bonds is 2. The molecule has 0 unspecified atom stereocenters. The average molecular weight is 459 g/mol. The highest BCUT2D eigenvalue weighted by Crippen LogP contribution is 2.47. The van der Waals surface area contributed by atoms with E-state index in [1.807, 2.05) is 48.5 Å². The zero-order valence-corrected chi connectivity index (χ0v) is 16.1. The Morgan fingerprint density at radius 2 is 0.909 bits per heavy atom. The monoisotopic (exact) mass is 456 g/mol. The minimum Gasteiger partial charge on any atom is -0.0840 e. The lowest BCUT2D eigenvalue weighted by atomic mass is 9.87. The van der Waals surface area contributed by atoms with Gasteiger partial charge >= 0.3 is 0 Å². The molecule has 0 saturated carbocycles. The van der Waals surface area contributed by atoms with E-state index in [0.717, 1.165) is 21.2 Å². The molecule has 0 amide bonds. The Morgan fingerprint density at radius 1 is 0.591 bits per heavy atom. The van der Waals surface area contributed by atoms with Crippen molar-refractivity contribution in [3.63, 3.8) is 0 Å². The molecule has 0 atom stereocenters. The minimum atomic E-state index is -0.413. The fourth-order valence-electron chi connectivity index (χ4n) is 2.50. The van der Waals surface area contributed by atoms with Crippen molar-refractivity contribution in [3.05, 3.63) is 94.0 Å². The van der Waals surface area contributed by atoms with Gasteiger partial charge in [0.15, 0.2) is 0 Å². The van der Waals surface area contributed by atoms with Gasteiger partial charge in [-0.05, 0) is 23.3 Å². The molecule has 0 bridgehead atoms. The van der Waals surface area contributed by atoms with Crippen molar-refractivity contribution in [1.29, 1.82) is 0 Å². The summed E-state index contributed by atoms with van der Waals surface area (Å²) < 4.78 is -0.826. The van der Waals surface area contributed by atoms with Crippen molar-refractivity contribution >= 4 is 55.1 Å². The van der Waals surface area contributed by atoms with Gasteiger partial charge in [-0.2, -0.15) is 0 Å². The number of alkyl halides is 2. The fraction of sp³-hybridized carbons (Fsp3) is 0.111. The largest absolute Gasteiger partial charge is 0.0882 e. The number of hydrogen-bond donors (Lipinski definition) is 0. The van der Waals surface area contributed by atoms with Gasteiger partial charge in [-0.15, -0.1) is 0 Å². The van der Waals surface area contributed by atoms with E-state index in [1.165, 1.54) is 0 Å². The first-order valence-corrected chi connectivity index (χ1v) is 9.07. The second-order valence-corrected chi connectivity index (χ2v) is 8.60. The van der Waals surface area contributed by atoms with Crippen molar-refractivity contribution in [3.8, 4) is 0 Å². The van der Waals surface area contributed by atoms with E-state index in [2.05, 4.69) is 56.2 Å². The number of halogens is 4. The van der Waals surface area contributed by atoms with Crippen molar-refractivity contribution in [1.82, 2.24) is 0 Å². The second-order valence-electron chi connectivity index (χ2n) is 5.16. The van der Waals surface area contributed by atoms with Crippen molar-refractivity contribution in [2.24, 2.45) is 0 Å². The third-order valence-electron chi connectivity index (χ3n) is 3.71. The number of benzene rings is 2. The molecule has 0 radical (unpaired) electrons. The molecule has 0 nitrogen and oxygen atoms in total. The van der Waals surface area contributed by atoms with Crippen LogP contribution in [0.5, 0.6) is 0 Å². The first-order valence-electron chi connectivity index (χ1n) is 6.73. The van der Waals surface area contributed by atoms with E-state index in [4.69, 9.17) is 23.2 Å². The van der Waals surface area contributed by atoms with E-state index in [1.54, 1.807) is 0 Å². The van der Waals surface area contributed by atoms with Crippen LogP contribution in [0.4, 0.5) is 0 Å². The van der Waals surface area contributed by atoms with Gasteiger partial charge < -0.3 is 0 Å². The Hall–Kier alpha value is -0.540. The van der Waals surface area contributed by atoms with E-state index in [9.17, 15) is 0 Å². The van der Waals surface area contributed by atoms with Crippen LogP contribution < -0.4 is 0 Å². The summed E-state index contributed by atoms with van der Waals surface area (Å²) in [5, 5.41) is 1.46. The first kappa shape index (κ1) is 16.3. The maximum absolute atomic E-state index is 6.33. The Bertz CT molecular complexity index is 688. The van der Waals surface area contributed by atoms with Crippen LogP contribution in [0.3, 0.4) is 0 Å². The topological polar surface area (TPSA) is 0 Å². The van der Waals surface area contributed by atoms with Crippen LogP contribution in [0.2, 0.25) is 10.0 Å². The average Bonchev–Trinajstić information content (AvgIpc) is 2.51. The molecule has 112 valence electrons. The van der Waals surface area contributed by atoms with E-state index in [0.29, 0.717) is 0 Å². The predicted molar refractivity (Wildman–Crippen MR) is 102 cm³/mol. The van der Waals surface area contributed by atoms with Gasteiger partial charge in [0.2, 0.25) is 0 Å². The number of allylic oxidation sites excluding steroid dienone is 4. The van der Waals surface area contributed by atoms with Crippen LogP contribution in [0.1, 0.15) is 11.1 Å². The van der Waals surface area contributed by atoms with Crippen LogP contribution in [-0.2, 0) is 8.65 Å². The zero-order chi connectivity index (χ0) is 15.8. The molecule has 0 aromatic heterocycles. The van der Waals surface area contributed by atoms with Crippen molar-refractivity contribution < 1.29 is 0 Å². The smallest absolute Gasteiger partial charge is 0.0840 e. The summed E-state index contributed by atoms with van der Waals surface area (Å²) in [6.45, 7) is 0. The Kier molecular flexibility index (Phi) is 4.57. The van der Waals surface area contributed by atoms with E-state index in [-0.39, 0.29) is 0 Å². The summed E-state index contributed by atoms with van der Waals surface area (Å²) in [6.07, 6.45) is 8.36. The summed E-state index contributed by atoms with van der Waals surface area (Å²) in [6, 6.07) is 15.6. The van der Waals surface area contributed by atoms with Gasteiger partial charge in [0.1, 0.15) is 0 Å². The first-order chi connectivity index (χ1) is 10.4. The molecule has 0 aliphatic heterocycles. The molecular weight excluding hydrogens is 447 g/mol.